The van der Waals surface area contributed by atoms with Gasteiger partial charge in [0.2, 0.25) is 0 Å². The van der Waals surface area contributed by atoms with E-state index < -0.39 is 0 Å². The topological polar surface area (TPSA) is 63.1 Å². The van der Waals surface area contributed by atoms with Crippen LogP contribution in [0.25, 0.3) is 11.1 Å². The molecule has 3 atom stereocenters. The highest BCUT2D eigenvalue weighted by molar-refractivity contribution is 5.77. The Morgan fingerprint density at radius 3 is 2.95 bits per heavy atom. The average molecular weight is 283 g/mol. The predicted octanol–water partition coefficient (Wildman–Crippen LogP) is 1.21. The van der Waals surface area contributed by atoms with E-state index in [1.54, 1.807) is 24.8 Å². The van der Waals surface area contributed by atoms with E-state index in [2.05, 4.69) is 20.3 Å². The van der Waals surface area contributed by atoms with Crippen LogP contribution in [0.5, 0.6) is 0 Å². The van der Waals surface area contributed by atoms with E-state index in [0.717, 1.165) is 24.2 Å². The van der Waals surface area contributed by atoms with Crippen molar-refractivity contribution in [1.29, 1.82) is 0 Å². The summed E-state index contributed by atoms with van der Waals surface area (Å²) >= 11 is 0. The lowest BCUT2D eigenvalue weighted by atomic mass is 10.0. The molecule has 6 nitrogen and oxygen atoms in total. The molecule has 2 fully saturated rings. The third-order valence-corrected chi connectivity index (χ3v) is 4.43. The van der Waals surface area contributed by atoms with Crippen molar-refractivity contribution < 1.29 is 4.79 Å². The number of carbonyl (C=O) groups excluding carboxylic acids is 1. The van der Waals surface area contributed by atoms with Gasteiger partial charge in [0.25, 0.3) is 0 Å². The summed E-state index contributed by atoms with van der Waals surface area (Å²) in [6.07, 6.45) is 8.12. The normalized spacial score (nSPS) is 27.0. The Labute approximate surface area is 122 Å². The van der Waals surface area contributed by atoms with E-state index in [9.17, 15) is 4.79 Å². The molecule has 2 saturated heterocycles. The van der Waals surface area contributed by atoms with Gasteiger partial charge in [-0.15, -0.1) is 0 Å². The Morgan fingerprint density at radius 2 is 2.24 bits per heavy atom. The van der Waals surface area contributed by atoms with Gasteiger partial charge in [-0.2, -0.15) is 9.78 Å². The maximum absolute atomic E-state index is 12.3. The van der Waals surface area contributed by atoms with Gasteiger partial charge >= 0.3 is 6.03 Å². The minimum absolute atomic E-state index is 0.149. The van der Waals surface area contributed by atoms with Crippen LogP contribution >= 0.6 is 0 Å². The van der Waals surface area contributed by atoms with Crippen molar-refractivity contribution in [2.24, 2.45) is 5.92 Å². The first-order valence-electron chi connectivity index (χ1n) is 7.28. The standard InChI is InChI=1S/C15H17N5O/c21-15(18-14-10-19-5-3-12(14)8-19)20-9-13(7-17-20)11-2-1-4-16-6-11/h1-2,4,6-7,9,12,14H,3,5,8,10H2,(H,18,21)/t12-,14?/m0/s1. The van der Waals surface area contributed by atoms with Crippen molar-refractivity contribution in [2.75, 3.05) is 19.6 Å². The molecule has 0 radical (unpaired) electrons. The quantitative estimate of drug-likeness (QED) is 0.900. The van der Waals surface area contributed by atoms with Crippen LogP contribution in [0.15, 0.2) is 36.9 Å². The van der Waals surface area contributed by atoms with E-state index in [1.165, 1.54) is 17.6 Å². The van der Waals surface area contributed by atoms with Crippen molar-refractivity contribution in [3.05, 3.63) is 36.9 Å². The van der Waals surface area contributed by atoms with Crippen LogP contribution in [0.2, 0.25) is 0 Å². The summed E-state index contributed by atoms with van der Waals surface area (Å²) in [5.41, 5.74) is 1.86. The number of pyridine rings is 1. The van der Waals surface area contributed by atoms with Gasteiger partial charge < -0.3 is 10.2 Å². The van der Waals surface area contributed by atoms with Crippen molar-refractivity contribution in [3.8, 4) is 11.1 Å². The van der Waals surface area contributed by atoms with Crippen LogP contribution in [0.3, 0.4) is 0 Å². The smallest absolute Gasteiger partial charge is 0.332 e. The summed E-state index contributed by atoms with van der Waals surface area (Å²) in [5, 5.41) is 7.26. The van der Waals surface area contributed by atoms with Crippen LogP contribution in [0.4, 0.5) is 4.79 Å². The molecule has 2 aromatic rings. The van der Waals surface area contributed by atoms with Gasteiger partial charge in [-0.05, 0) is 24.9 Å². The zero-order valence-corrected chi connectivity index (χ0v) is 11.6. The van der Waals surface area contributed by atoms with Gasteiger partial charge in [-0.3, -0.25) is 4.98 Å². The summed E-state index contributed by atoms with van der Waals surface area (Å²) in [6, 6.07) is 3.94. The van der Waals surface area contributed by atoms with Crippen molar-refractivity contribution in [3.63, 3.8) is 0 Å². The van der Waals surface area contributed by atoms with Gasteiger partial charge in [0, 0.05) is 48.8 Å². The molecule has 6 heteroatoms. The lowest BCUT2D eigenvalue weighted by molar-refractivity contribution is 0.228. The van der Waals surface area contributed by atoms with Crippen LogP contribution in [-0.2, 0) is 0 Å². The van der Waals surface area contributed by atoms with Gasteiger partial charge in [0.1, 0.15) is 0 Å². The predicted molar refractivity (Wildman–Crippen MR) is 77.7 cm³/mol. The van der Waals surface area contributed by atoms with E-state index in [-0.39, 0.29) is 12.1 Å². The highest BCUT2D eigenvalue weighted by atomic mass is 16.2. The molecule has 0 aliphatic carbocycles. The molecule has 1 N–H and O–H groups in total. The van der Waals surface area contributed by atoms with E-state index in [0.29, 0.717) is 5.92 Å². The lowest BCUT2D eigenvalue weighted by Crippen LogP contribution is -2.45. The van der Waals surface area contributed by atoms with Gasteiger partial charge in [0.15, 0.2) is 0 Å². The molecule has 1 amide bonds. The van der Waals surface area contributed by atoms with Crippen LogP contribution in [-0.4, -0.2) is 51.4 Å². The fourth-order valence-electron chi connectivity index (χ4n) is 3.29. The number of amides is 1. The summed E-state index contributed by atoms with van der Waals surface area (Å²) in [4.78, 5) is 18.8. The molecule has 2 aliphatic rings. The lowest BCUT2D eigenvalue weighted by Gasteiger charge is -2.22. The van der Waals surface area contributed by atoms with Gasteiger partial charge in [0.05, 0.1) is 6.20 Å². The first kappa shape index (κ1) is 12.5. The SMILES string of the molecule is O=C(NC1CN2CC[C@H]1C2)n1cc(-c2cccnc2)cn1. The van der Waals surface area contributed by atoms with E-state index >= 15 is 0 Å². The molecule has 0 aromatic carbocycles. The van der Waals surface area contributed by atoms with Crippen LogP contribution in [0.1, 0.15) is 6.42 Å². The number of nitrogens with zero attached hydrogens (tertiary/aromatic N) is 4. The molecule has 4 heterocycles. The third-order valence-electron chi connectivity index (χ3n) is 4.43. The Morgan fingerprint density at radius 1 is 1.29 bits per heavy atom. The minimum atomic E-state index is -0.149. The maximum Gasteiger partial charge on any atom is 0.342 e. The number of hydrogen-bond acceptors (Lipinski definition) is 4. The molecule has 21 heavy (non-hydrogen) atoms. The monoisotopic (exact) mass is 283 g/mol. The second-order valence-electron chi connectivity index (χ2n) is 5.78. The largest absolute Gasteiger partial charge is 0.342 e. The Balaban J connectivity index is 1.47. The van der Waals surface area contributed by atoms with Crippen molar-refractivity contribution in [2.45, 2.75) is 12.5 Å². The zero-order chi connectivity index (χ0) is 14.2. The summed E-state index contributed by atoms with van der Waals surface area (Å²) in [6.45, 7) is 3.25. The number of fused-ring (bicyclic) bond motifs is 2. The first-order valence-corrected chi connectivity index (χ1v) is 7.28. The summed E-state index contributed by atoms with van der Waals surface area (Å²) < 4.78 is 1.38. The van der Waals surface area contributed by atoms with Crippen molar-refractivity contribution in [1.82, 2.24) is 25.0 Å². The molecule has 4 rings (SSSR count). The third kappa shape index (κ3) is 2.31. The second kappa shape index (κ2) is 4.96. The fourth-order valence-corrected chi connectivity index (χ4v) is 3.29. The van der Waals surface area contributed by atoms with Crippen LogP contribution < -0.4 is 5.32 Å². The molecule has 2 unspecified atom stereocenters. The summed E-state index contributed by atoms with van der Waals surface area (Å²) in [7, 11) is 0. The van der Waals surface area contributed by atoms with Crippen molar-refractivity contribution >= 4 is 6.03 Å². The molecule has 2 aliphatic heterocycles. The highest BCUT2D eigenvalue weighted by Crippen LogP contribution is 2.27. The average Bonchev–Trinajstić information content (AvgIpc) is 3.24. The number of piperidine rings is 1. The Hall–Kier alpha value is -2.21. The fraction of sp³-hybridized carbons (Fsp3) is 0.400. The number of rotatable bonds is 2. The zero-order valence-electron chi connectivity index (χ0n) is 11.6. The Kier molecular flexibility index (Phi) is 2.96. The second-order valence-corrected chi connectivity index (χ2v) is 5.78. The molecule has 0 spiro atoms. The summed E-state index contributed by atoms with van der Waals surface area (Å²) in [5.74, 6) is 0.599. The number of hydrogen-bond donors (Lipinski definition) is 1. The molecule has 2 aromatic heterocycles. The van der Waals surface area contributed by atoms with E-state index in [4.69, 9.17) is 0 Å². The van der Waals surface area contributed by atoms with Crippen LogP contribution in [0, 0.1) is 5.92 Å². The molecule has 0 saturated carbocycles. The van der Waals surface area contributed by atoms with Gasteiger partial charge in [-0.1, -0.05) is 6.07 Å². The minimum Gasteiger partial charge on any atom is -0.332 e. The molecular weight excluding hydrogens is 266 g/mol. The highest BCUT2D eigenvalue weighted by Gasteiger charge is 2.38. The molecule has 108 valence electrons. The molecular formula is C15H17N5O. The van der Waals surface area contributed by atoms with E-state index in [1.807, 2.05) is 12.1 Å². The molecule has 2 bridgehead atoms. The van der Waals surface area contributed by atoms with Gasteiger partial charge in [-0.25, -0.2) is 4.79 Å². The first-order chi connectivity index (χ1) is 10.3. The number of aromatic nitrogens is 3. The number of nitrogens with one attached hydrogen (secondary N) is 1. The Bertz CT molecular complexity index is 653. The number of carbonyl (C=O) groups is 1. The maximum atomic E-state index is 12.3.